The quantitative estimate of drug-likeness (QED) is 0.791. The first-order chi connectivity index (χ1) is 7.20. The van der Waals surface area contributed by atoms with Gasteiger partial charge in [-0.2, -0.15) is 5.10 Å². The molecule has 1 atom stereocenters. The Morgan fingerprint density at radius 2 is 2.47 bits per heavy atom. The lowest BCUT2D eigenvalue weighted by atomic mass is 10.1. The SMILES string of the molecule is CC(C)c1cc2n(n1)CC(CCO)CN2. The lowest BCUT2D eigenvalue weighted by Gasteiger charge is -2.24. The third kappa shape index (κ3) is 2.15. The Morgan fingerprint density at radius 1 is 1.67 bits per heavy atom. The van der Waals surface area contributed by atoms with Crippen molar-refractivity contribution < 1.29 is 5.11 Å². The third-order valence-corrected chi connectivity index (χ3v) is 2.93. The molecule has 0 radical (unpaired) electrons. The number of rotatable bonds is 3. The van der Waals surface area contributed by atoms with Crippen LogP contribution in [0.4, 0.5) is 5.82 Å². The summed E-state index contributed by atoms with van der Waals surface area (Å²) in [7, 11) is 0. The highest BCUT2D eigenvalue weighted by Gasteiger charge is 2.19. The minimum absolute atomic E-state index is 0.264. The van der Waals surface area contributed by atoms with Crippen molar-refractivity contribution in [1.82, 2.24) is 9.78 Å². The summed E-state index contributed by atoms with van der Waals surface area (Å²) in [5, 5.41) is 16.8. The van der Waals surface area contributed by atoms with Crippen molar-refractivity contribution in [1.29, 1.82) is 0 Å². The number of fused-ring (bicyclic) bond motifs is 1. The van der Waals surface area contributed by atoms with Crippen LogP contribution in [0.25, 0.3) is 0 Å². The number of aliphatic hydroxyl groups excluding tert-OH is 1. The Balaban J connectivity index is 2.12. The molecule has 1 aromatic heterocycles. The minimum Gasteiger partial charge on any atom is -0.396 e. The molecule has 15 heavy (non-hydrogen) atoms. The maximum atomic E-state index is 8.90. The number of nitrogens with zero attached hydrogens (tertiary/aromatic N) is 2. The molecule has 0 saturated heterocycles. The molecular weight excluding hydrogens is 190 g/mol. The van der Waals surface area contributed by atoms with Crippen molar-refractivity contribution in [3.8, 4) is 0 Å². The maximum Gasteiger partial charge on any atom is 0.124 e. The fourth-order valence-corrected chi connectivity index (χ4v) is 1.93. The lowest BCUT2D eigenvalue weighted by molar-refractivity contribution is 0.244. The largest absolute Gasteiger partial charge is 0.396 e. The van der Waals surface area contributed by atoms with Gasteiger partial charge in [0.15, 0.2) is 0 Å². The van der Waals surface area contributed by atoms with Crippen LogP contribution in [0, 0.1) is 5.92 Å². The number of nitrogens with one attached hydrogen (secondary N) is 1. The van der Waals surface area contributed by atoms with Crippen LogP contribution in [-0.4, -0.2) is 28.0 Å². The van der Waals surface area contributed by atoms with Crippen molar-refractivity contribution in [3.63, 3.8) is 0 Å². The van der Waals surface area contributed by atoms with Crippen LogP contribution in [0.3, 0.4) is 0 Å². The lowest BCUT2D eigenvalue weighted by Crippen LogP contribution is -2.28. The zero-order valence-electron chi connectivity index (χ0n) is 9.40. The summed E-state index contributed by atoms with van der Waals surface area (Å²) >= 11 is 0. The van der Waals surface area contributed by atoms with E-state index in [0.29, 0.717) is 11.8 Å². The van der Waals surface area contributed by atoms with E-state index >= 15 is 0 Å². The predicted molar refractivity (Wildman–Crippen MR) is 60.0 cm³/mol. The Bertz CT molecular complexity index is 333. The molecule has 0 aromatic carbocycles. The molecule has 0 amide bonds. The molecule has 0 bridgehead atoms. The summed E-state index contributed by atoms with van der Waals surface area (Å²) < 4.78 is 2.03. The summed E-state index contributed by atoms with van der Waals surface area (Å²) in [6, 6.07) is 2.12. The van der Waals surface area contributed by atoms with Gasteiger partial charge in [-0.05, 0) is 18.3 Å². The van der Waals surface area contributed by atoms with Crippen molar-refractivity contribution in [3.05, 3.63) is 11.8 Å². The van der Waals surface area contributed by atoms with Crippen molar-refractivity contribution in [2.24, 2.45) is 5.92 Å². The van der Waals surface area contributed by atoms with Crippen LogP contribution in [-0.2, 0) is 6.54 Å². The van der Waals surface area contributed by atoms with Gasteiger partial charge < -0.3 is 10.4 Å². The molecule has 0 saturated carbocycles. The van der Waals surface area contributed by atoms with Crippen LogP contribution >= 0.6 is 0 Å². The Hall–Kier alpha value is -1.03. The van der Waals surface area contributed by atoms with E-state index in [1.807, 2.05) is 4.68 Å². The molecule has 2 rings (SSSR count). The molecular formula is C11H19N3O. The molecule has 0 spiro atoms. The average molecular weight is 209 g/mol. The van der Waals surface area contributed by atoms with Gasteiger partial charge in [0, 0.05) is 25.8 Å². The molecule has 0 fully saturated rings. The first kappa shape index (κ1) is 10.5. The third-order valence-electron chi connectivity index (χ3n) is 2.93. The highest BCUT2D eigenvalue weighted by molar-refractivity contribution is 5.39. The molecule has 1 aliphatic rings. The van der Waals surface area contributed by atoms with E-state index in [-0.39, 0.29) is 6.61 Å². The van der Waals surface area contributed by atoms with Crippen LogP contribution < -0.4 is 5.32 Å². The molecule has 84 valence electrons. The topological polar surface area (TPSA) is 50.1 Å². The summed E-state index contributed by atoms with van der Waals surface area (Å²) in [6.45, 7) is 6.44. The second kappa shape index (κ2) is 4.23. The fraction of sp³-hybridized carbons (Fsp3) is 0.727. The van der Waals surface area contributed by atoms with E-state index in [1.54, 1.807) is 0 Å². The first-order valence-electron chi connectivity index (χ1n) is 5.63. The molecule has 1 unspecified atom stereocenters. The van der Waals surface area contributed by atoms with Crippen LogP contribution in [0.15, 0.2) is 6.07 Å². The van der Waals surface area contributed by atoms with Crippen molar-refractivity contribution in [2.75, 3.05) is 18.5 Å². The van der Waals surface area contributed by atoms with Gasteiger partial charge in [0.2, 0.25) is 0 Å². The number of aromatic nitrogens is 2. The zero-order chi connectivity index (χ0) is 10.8. The highest BCUT2D eigenvalue weighted by atomic mass is 16.3. The van der Waals surface area contributed by atoms with Gasteiger partial charge in [0.1, 0.15) is 5.82 Å². The van der Waals surface area contributed by atoms with E-state index in [4.69, 9.17) is 5.11 Å². The summed E-state index contributed by atoms with van der Waals surface area (Å²) in [6.07, 6.45) is 0.851. The fourth-order valence-electron chi connectivity index (χ4n) is 1.93. The number of aliphatic hydroxyl groups is 1. The van der Waals surface area contributed by atoms with Gasteiger partial charge in [-0.1, -0.05) is 13.8 Å². The van der Waals surface area contributed by atoms with Crippen molar-refractivity contribution >= 4 is 5.82 Å². The van der Waals surface area contributed by atoms with Gasteiger partial charge in [0.05, 0.1) is 5.69 Å². The van der Waals surface area contributed by atoms with Gasteiger partial charge >= 0.3 is 0 Å². The number of hydrogen-bond donors (Lipinski definition) is 2. The first-order valence-corrected chi connectivity index (χ1v) is 5.63. The average Bonchev–Trinajstić information content (AvgIpc) is 2.61. The second-order valence-electron chi connectivity index (χ2n) is 4.55. The number of anilines is 1. The van der Waals surface area contributed by atoms with E-state index in [2.05, 4.69) is 30.3 Å². The molecule has 4 nitrogen and oxygen atoms in total. The van der Waals surface area contributed by atoms with Crippen LogP contribution in [0.2, 0.25) is 0 Å². The van der Waals surface area contributed by atoms with Gasteiger partial charge in [-0.15, -0.1) is 0 Å². The molecule has 2 heterocycles. The van der Waals surface area contributed by atoms with Crippen LogP contribution in [0.5, 0.6) is 0 Å². The standard InChI is InChI=1S/C11H19N3O/c1-8(2)10-5-11-12-6-9(3-4-15)7-14(11)13-10/h5,8-9,12,15H,3-4,6-7H2,1-2H3. The Kier molecular flexibility index (Phi) is 2.95. The Labute approximate surface area is 90.3 Å². The maximum absolute atomic E-state index is 8.90. The summed E-state index contributed by atoms with van der Waals surface area (Å²) in [4.78, 5) is 0. The summed E-state index contributed by atoms with van der Waals surface area (Å²) in [5.74, 6) is 2.09. The smallest absolute Gasteiger partial charge is 0.124 e. The van der Waals surface area contributed by atoms with Crippen molar-refractivity contribution in [2.45, 2.75) is 32.7 Å². The van der Waals surface area contributed by atoms with Gasteiger partial charge in [0.25, 0.3) is 0 Å². The molecule has 2 N–H and O–H groups in total. The van der Waals surface area contributed by atoms with E-state index < -0.39 is 0 Å². The normalized spacial score (nSPS) is 20.1. The van der Waals surface area contributed by atoms with E-state index in [9.17, 15) is 0 Å². The van der Waals surface area contributed by atoms with E-state index in [1.165, 1.54) is 0 Å². The molecule has 0 aliphatic carbocycles. The monoisotopic (exact) mass is 209 g/mol. The highest BCUT2D eigenvalue weighted by Crippen LogP contribution is 2.23. The molecule has 4 heteroatoms. The predicted octanol–water partition coefficient (Wildman–Crippen LogP) is 1.43. The zero-order valence-corrected chi connectivity index (χ0v) is 9.40. The minimum atomic E-state index is 0.264. The second-order valence-corrected chi connectivity index (χ2v) is 4.55. The molecule has 1 aromatic rings. The van der Waals surface area contributed by atoms with Crippen LogP contribution in [0.1, 0.15) is 31.9 Å². The number of hydrogen-bond acceptors (Lipinski definition) is 3. The van der Waals surface area contributed by atoms with E-state index in [0.717, 1.165) is 31.0 Å². The summed E-state index contributed by atoms with van der Waals surface area (Å²) in [5.41, 5.74) is 1.14. The van der Waals surface area contributed by atoms with Gasteiger partial charge in [-0.3, -0.25) is 0 Å². The van der Waals surface area contributed by atoms with Gasteiger partial charge in [-0.25, -0.2) is 4.68 Å². The molecule has 1 aliphatic heterocycles. The Morgan fingerprint density at radius 3 is 3.13 bits per heavy atom.